The molecular formula is C25H38N2O8. The van der Waals surface area contributed by atoms with E-state index in [1.807, 2.05) is 0 Å². The van der Waals surface area contributed by atoms with Gasteiger partial charge in [0.05, 0.1) is 0 Å². The number of fused-ring (bicyclic) bond motifs is 2. The molecule has 2 bridgehead atoms. The van der Waals surface area contributed by atoms with Crippen LogP contribution in [-0.2, 0) is 28.5 Å². The monoisotopic (exact) mass is 494 g/mol. The molecule has 0 aromatic heterocycles. The number of amides is 2. The van der Waals surface area contributed by atoms with Crippen molar-refractivity contribution in [3.05, 3.63) is 24.3 Å². The lowest BCUT2D eigenvalue weighted by Crippen LogP contribution is -2.40. The Kier molecular flexibility index (Phi) is 10.6. The molecule has 2 rings (SSSR count). The zero-order valence-corrected chi connectivity index (χ0v) is 21.0. The predicted molar refractivity (Wildman–Crippen MR) is 127 cm³/mol. The average molecular weight is 495 g/mol. The molecule has 2 fully saturated rings. The van der Waals surface area contributed by atoms with Crippen LogP contribution in [0.5, 0.6) is 0 Å². The van der Waals surface area contributed by atoms with E-state index in [-0.39, 0.29) is 31.8 Å². The number of rotatable bonds is 12. The number of hydrogen-bond acceptors (Lipinski definition) is 8. The summed E-state index contributed by atoms with van der Waals surface area (Å²) in [6.45, 7) is 13.2. The van der Waals surface area contributed by atoms with E-state index in [9.17, 15) is 19.2 Å². The van der Waals surface area contributed by atoms with Gasteiger partial charge in [0.15, 0.2) is 0 Å². The smallest absolute Gasteiger partial charge is 0.407 e. The predicted octanol–water partition coefficient (Wildman–Crippen LogP) is 3.12. The Balaban J connectivity index is 1.65. The number of esters is 2. The van der Waals surface area contributed by atoms with Gasteiger partial charge in [0.2, 0.25) is 0 Å². The lowest BCUT2D eigenvalue weighted by Gasteiger charge is -2.38. The molecule has 0 spiro atoms. The molecule has 2 amide bonds. The van der Waals surface area contributed by atoms with Crippen LogP contribution in [0, 0.1) is 23.2 Å². The number of carbonyl (C=O) groups is 4. The van der Waals surface area contributed by atoms with Crippen molar-refractivity contribution >= 4 is 24.1 Å². The van der Waals surface area contributed by atoms with Crippen LogP contribution in [0.2, 0.25) is 0 Å². The van der Waals surface area contributed by atoms with E-state index < -0.39 is 24.1 Å². The van der Waals surface area contributed by atoms with Crippen LogP contribution >= 0.6 is 0 Å². The number of hydrogen-bond donors (Lipinski definition) is 2. The van der Waals surface area contributed by atoms with Gasteiger partial charge >= 0.3 is 24.1 Å². The van der Waals surface area contributed by atoms with Gasteiger partial charge in [0, 0.05) is 24.2 Å². The highest BCUT2D eigenvalue weighted by Crippen LogP contribution is 2.52. The molecule has 10 nitrogen and oxygen atoms in total. The molecule has 10 heteroatoms. The second-order valence-corrected chi connectivity index (χ2v) is 9.92. The summed E-state index contributed by atoms with van der Waals surface area (Å²) in [5.41, 5.74) is 0.533. The Morgan fingerprint density at radius 2 is 1.31 bits per heavy atom. The molecule has 4 unspecified atom stereocenters. The number of ether oxygens (including phenoxy) is 4. The standard InChI is InChI=1S/C25H38N2O8/c1-16(2)21(28)32-6-8-34-23(30)26-14-20-11-18-10-19(20)13-25(5,12-18)15-27-24(31)35-9-7-33-22(29)17(3)4/h18-20H,1,3,6-15H2,2,4-5H3,(H,26,30)(H,27,31). The summed E-state index contributed by atoms with van der Waals surface area (Å²) >= 11 is 0. The van der Waals surface area contributed by atoms with Crippen molar-refractivity contribution in [2.24, 2.45) is 23.2 Å². The number of nitrogens with one attached hydrogen (secondary N) is 2. The van der Waals surface area contributed by atoms with Crippen LogP contribution in [-0.4, -0.2) is 63.6 Å². The van der Waals surface area contributed by atoms with E-state index in [2.05, 4.69) is 30.7 Å². The molecule has 2 saturated carbocycles. The van der Waals surface area contributed by atoms with Gasteiger partial charge in [-0.2, -0.15) is 0 Å². The molecule has 35 heavy (non-hydrogen) atoms. The SMILES string of the molecule is C=C(C)C(=O)OCCOC(=O)NCC1CC2CC1CC(C)(CNC(=O)OCCOC(=O)C(=C)C)C2. The van der Waals surface area contributed by atoms with Gasteiger partial charge in [-0.05, 0) is 62.7 Å². The summed E-state index contributed by atoms with van der Waals surface area (Å²) in [5.74, 6) is 0.325. The summed E-state index contributed by atoms with van der Waals surface area (Å²) in [6, 6.07) is 0. The molecule has 2 aliphatic carbocycles. The first-order chi connectivity index (χ1) is 16.5. The van der Waals surface area contributed by atoms with E-state index in [0.717, 1.165) is 25.7 Å². The largest absolute Gasteiger partial charge is 0.459 e. The van der Waals surface area contributed by atoms with Crippen molar-refractivity contribution in [2.45, 2.75) is 46.5 Å². The summed E-state index contributed by atoms with van der Waals surface area (Å²) in [7, 11) is 0. The first-order valence-corrected chi connectivity index (χ1v) is 12.0. The van der Waals surface area contributed by atoms with Crippen LogP contribution in [0.25, 0.3) is 0 Å². The Labute approximate surface area is 206 Å². The fourth-order valence-electron chi connectivity index (χ4n) is 4.95. The van der Waals surface area contributed by atoms with Crippen molar-refractivity contribution in [3.8, 4) is 0 Å². The molecule has 0 heterocycles. The van der Waals surface area contributed by atoms with Gasteiger partial charge in [-0.3, -0.25) is 0 Å². The highest BCUT2D eigenvalue weighted by atomic mass is 16.6. The summed E-state index contributed by atoms with van der Waals surface area (Å²) in [5, 5.41) is 5.65. The van der Waals surface area contributed by atoms with E-state index in [1.54, 1.807) is 13.8 Å². The minimum atomic E-state index is -0.537. The quantitative estimate of drug-likeness (QED) is 0.183. The van der Waals surface area contributed by atoms with Crippen LogP contribution in [0.1, 0.15) is 46.5 Å². The van der Waals surface area contributed by atoms with Crippen LogP contribution in [0.15, 0.2) is 24.3 Å². The number of carbonyl (C=O) groups excluding carboxylic acids is 4. The van der Waals surface area contributed by atoms with Gasteiger partial charge in [-0.1, -0.05) is 20.1 Å². The first kappa shape index (κ1) is 28.2. The third kappa shape index (κ3) is 9.62. The van der Waals surface area contributed by atoms with Gasteiger partial charge in [-0.15, -0.1) is 0 Å². The topological polar surface area (TPSA) is 129 Å². The molecule has 2 aliphatic rings. The molecule has 0 radical (unpaired) electrons. The Hall–Kier alpha value is -3.04. The third-order valence-electron chi connectivity index (χ3n) is 6.44. The van der Waals surface area contributed by atoms with E-state index >= 15 is 0 Å². The van der Waals surface area contributed by atoms with Crippen LogP contribution < -0.4 is 10.6 Å². The number of alkyl carbamates (subject to hydrolysis) is 2. The zero-order chi connectivity index (χ0) is 26.0. The van der Waals surface area contributed by atoms with Gasteiger partial charge < -0.3 is 29.6 Å². The van der Waals surface area contributed by atoms with E-state index in [0.29, 0.717) is 42.0 Å². The van der Waals surface area contributed by atoms with Crippen molar-refractivity contribution in [1.82, 2.24) is 10.6 Å². The first-order valence-electron chi connectivity index (χ1n) is 12.0. The summed E-state index contributed by atoms with van der Waals surface area (Å²) in [6.07, 6.45) is 3.01. The van der Waals surface area contributed by atoms with Crippen LogP contribution in [0.4, 0.5) is 9.59 Å². The van der Waals surface area contributed by atoms with Crippen molar-refractivity contribution in [3.63, 3.8) is 0 Å². The van der Waals surface area contributed by atoms with Gasteiger partial charge in [0.25, 0.3) is 0 Å². The molecular weight excluding hydrogens is 456 g/mol. The Bertz CT molecular complexity index is 826. The van der Waals surface area contributed by atoms with E-state index in [4.69, 9.17) is 18.9 Å². The third-order valence-corrected chi connectivity index (χ3v) is 6.44. The molecule has 4 atom stereocenters. The summed E-state index contributed by atoms with van der Waals surface area (Å²) < 4.78 is 19.9. The fourth-order valence-corrected chi connectivity index (χ4v) is 4.95. The Morgan fingerprint density at radius 3 is 1.86 bits per heavy atom. The van der Waals surface area contributed by atoms with Crippen molar-refractivity contribution in [2.75, 3.05) is 39.5 Å². The maximum absolute atomic E-state index is 12.0. The molecule has 196 valence electrons. The minimum Gasteiger partial charge on any atom is -0.459 e. The second-order valence-electron chi connectivity index (χ2n) is 9.92. The van der Waals surface area contributed by atoms with Gasteiger partial charge in [-0.25, -0.2) is 19.2 Å². The molecule has 2 N–H and O–H groups in total. The van der Waals surface area contributed by atoms with Gasteiger partial charge in [0.1, 0.15) is 26.4 Å². The lowest BCUT2D eigenvalue weighted by molar-refractivity contribution is -0.140. The lowest BCUT2D eigenvalue weighted by atomic mass is 9.69. The molecule has 0 aromatic carbocycles. The molecule has 0 saturated heterocycles. The molecule has 0 aliphatic heterocycles. The highest BCUT2D eigenvalue weighted by molar-refractivity contribution is 5.87. The van der Waals surface area contributed by atoms with Crippen LogP contribution in [0.3, 0.4) is 0 Å². The maximum Gasteiger partial charge on any atom is 0.407 e. The van der Waals surface area contributed by atoms with Crippen molar-refractivity contribution < 1.29 is 38.1 Å². The molecule has 0 aromatic rings. The minimum absolute atomic E-state index is 0.0132. The fraction of sp³-hybridized carbons (Fsp3) is 0.680. The maximum atomic E-state index is 12.0. The Morgan fingerprint density at radius 1 is 0.800 bits per heavy atom. The van der Waals surface area contributed by atoms with Crippen molar-refractivity contribution in [1.29, 1.82) is 0 Å². The zero-order valence-electron chi connectivity index (χ0n) is 21.0. The van der Waals surface area contributed by atoms with E-state index in [1.165, 1.54) is 0 Å². The second kappa shape index (κ2) is 13.2. The highest BCUT2D eigenvalue weighted by Gasteiger charge is 2.45. The average Bonchev–Trinajstić information content (AvgIpc) is 3.09. The summed E-state index contributed by atoms with van der Waals surface area (Å²) in [4.78, 5) is 46.6. The normalized spacial score (nSPS) is 24.6.